The van der Waals surface area contributed by atoms with Crippen molar-refractivity contribution in [3.05, 3.63) is 83.6 Å². The van der Waals surface area contributed by atoms with Gasteiger partial charge in [-0.2, -0.15) is 4.57 Å². The third-order valence-corrected chi connectivity index (χ3v) is 5.02. The van der Waals surface area contributed by atoms with Crippen LogP contribution < -0.4 is 9.88 Å². The number of carbonyl (C=O) groups excluding carboxylic acids is 1. The number of anilines is 1. The van der Waals surface area contributed by atoms with Gasteiger partial charge in [0.2, 0.25) is 6.54 Å². The molecule has 3 nitrogen and oxygen atoms in total. The predicted molar refractivity (Wildman–Crippen MR) is 102 cm³/mol. The number of nitrogens with zero attached hydrogens (tertiary/aromatic N) is 1. The van der Waals surface area contributed by atoms with E-state index < -0.39 is 0 Å². The third-order valence-electron chi connectivity index (χ3n) is 3.68. The van der Waals surface area contributed by atoms with Crippen LogP contribution in [0.5, 0.6) is 0 Å². The Hall–Kier alpha value is -2.30. The lowest BCUT2D eigenvalue weighted by Crippen LogP contribution is -2.42. The topological polar surface area (TPSA) is 33.0 Å². The van der Waals surface area contributed by atoms with E-state index in [1.807, 2.05) is 84.4 Å². The normalized spacial score (nSPS) is 10.5. The highest BCUT2D eigenvalue weighted by molar-refractivity contribution is 7.99. The highest BCUT2D eigenvalue weighted by Gasteiger charge is 2.13. The van der Waals surface area contributed by atoms with Crippen LogP contribution in [-0.4, -0.2) is 5.91 Å². The molecule has 0 atom stereocenters. The Morgan fingerprint density at radius 3 is 2.52 bits per heavy atom. The van der Waals surface area contributed by atoms with Crippen LogP contribution in [0.4, 0.5) is 5.69 Å². The lowest BCUT2D eigenvalue weighted by Gasteiger charge is -2.10. The third kappa shape index (κ3) is 4.84. The standard InChI is InChI=1S/C20H17ClN2OS/c1-15-6-4-5-13-23(15)14-20(24)22-18-7-2-3-8-19(18)25-17-11-9-16(21)10-12-17/h2-13H,14H2,1H3/p+1. The van der Waals surface area contributed by atoms with Crippen LogP contribution in [0.15, 0.2) is 82.7 Å². The zero-order valence-electron chi connectivity index (χ0n) is 13.8. The maximum atomic E-state index is 12.4. The summed E-state index contributed by atoms with van der Waals surface area (Å²) in [6.07, 6.45) is 1.91. The summed E-state index contributed by atoms with van der Waals surface area (Å²) < 4.78 is 1.92. The second-order valence-electron chi connectivity index (χ2n) is 5.57. The number of pyridine rings is 1. The fourth-order valence-electron chi connectivity index (χ4n) is 2.37. The van der Waals surface area contributed by atoms with E-state index in [0.29, 0.717) is 5.02 Å². The van der Waals surface area contributed by atoms with Crippen molar-refractivity contribution in [2.24, 2.45) is 0 Å². The molecule has 0 aliphatic rings. The molecule has 1 heterocycles. The molecule has 1 aromatic heterocycles. The van der Waals surface area contributed by atoms with Crippen LogP contribution in [0.1, 0.15) is 5.69 Å². The first-order chi connectivity index (χ1) is 12.1. The number of halogens is 1. The molecule has 3 rings (SSSR count). The van der Waals surface area contributed by atoms with Gasteiger partial charge in [0.15, 0.2) is 11.9 Å². The van der Waals surface area contributed by atoms with Crippen molar-refractivity contribution in [2.45, 2.75) is 23.3 Å². The van der Waals surface area contributed by atoms with E-state index in [4.69, 9.17) is 11.6 Å². The number of benzene rings is 2. The number of carbonyl (C=O) groups is 1. The highest BCUT2D eigenvalue weighted by atomic mass is 35.5. The Morgan fingerprint density at radius 2 is 1.76 bits per heavy atom. The molecule has 3 aromatic rings. The monoisotopic (exact) mass is 369 g/mol. The Kier molecular flexibility index (Phi) is 5.74. The molecule has 126 valence electrons. The minimum atomic E-state index is -0.0524. The van der Waals surface area contributed by atoms with Gasteiger partial charge < -0.3 is 5.32 Å². The van der Waals surface area contributed by atoms with Gasteiger partial charge in [-0.3, -0.25) is 4.79 Å². The second kappa shape index (κ2) is 8.19. The van der Waals surface area contributed by atoms with E-state index in [9.17, 15) is 4.79 Å². The van der Waals surface area contributed by atoms with Gasteiger partial charge in [-0.1, -0.05) is 41.6 Å². The van der Waals surface area contributed by atoms with Gasteiger partial charge in [0.25, 0.3) is 5.91 Å². The summed E-state index contributed by atoms with van der Waals surface area (Å²) in [5.41, 5.74) is 1.85. The first-order valence-electron chi connectivity index (χ1n) is 7.89. The number of hydrogen-bond donors (Lipinski definition) is 1. The van der Waals surface area contributed by atoms with Gasteiger partial charge in [-0.25, -0.2) is 0 Å². The quantitative estimate of drug-likeness (QED) is 0.660. The molecule has 0 spiro atoms. The van der Waals surface area contributed by atoms with Gasteiger partial charge in [-0.05, 0) is 36.4 Å². The van der Waals surface area contributed by atoms with Gasteiger partial charge >= 0.3 is 0 Å². The molecule has 0 unspecified atom stereocenters. The van der Waals surface area contributed by atoms with E-state index in [0.717, 1.165) is 21.2 Å². The highest BCUT2D eigenvalue weighted by Crippen LogP contribution is 2.33. The number of nitrogens with one attached hydrogen (secondary N) is 1. The van der Waals surface area contributed by atoms with Crippen LogP contribution >= 0.6 is 23.4 Å². The second-order valence-corrected chi connectivity index (χ2v) is 7.12. The predicted octanol–water partition coefficient (Wildman–Crippen LogP) is 4.73. The molecule has 1 amide bonds. The summed E-state index contributed by atoms with van der Waals surface area (Å²) in [6.45, 7) is 2.27. The first-order valence-corrected chi connectivity index (χ1v) is 9.08. The average molecular weight is 370 g/mol. The van der Waals surface area contributed by atoms with Gasteiger partial charge in [0.05, 0.1) is 5.69 Å². The fourth-order valence-corrected chi connectivity index (χ4v) is 3.40. The van der Waals surface area contributed by atoms with Crippen molar-refractivity contribution in [1.29, 1.82) is 0 Å². The summed E-state index contributed by atoms with van der Waals surface area (Å²) >= 11 is 7.53. The van der Waals surface area contributed by atoms with E-state index >= 15 is 0 Å². The van der Waals surface area contributed by atoms with Crippen molar-refractivity contribution in [3.8, 4) is 0 Å². The molecule has 25 heavy (non-hydrogen) atoms. The minimum Gasteiger partial charge on any atom is -0.320 e. The molecular formula is C20H18ClN2OS+. The molecule has 0 fully saturated rings. The summed E-state index contributed by atoms with van der Waals surface area (Å²) in [5, 5.41) is 3.72. The molecule has 1 N–H and O–H groups in total. The van der Waals surface area contributed by atoms with Crippen LogP contribution in [0.2, 0.25) is 5.02 Å². The average Bonchev–Trinajstić information content (AvgIpc) is 2.61. The minimum absolute atomic E-state index is 0.0524. The van der Waals surface area contributed by atoms with E-state index in [2.05, 4.69) is 5.32 Å². The number of aryl methyl sites for hydroxylation is 1. The maximum Gasteiger partial charge on any atom is 0.290 e. The van der Waals surface area contributed by atoms with Gasteiger partial charge in [0.1, 0.15) is 0 Å². The first kappa shape index (κ1) is 17.5. The van der Waals surface area contributed by atoms with Crippen molar-refractivity contribution < 1.29 is 9.36 Å². The number of aromatic nitrogens is 1. The Morgan fingerprint density at radius 1 is 1.04 bits per heavy atom. The van der Waals surface area contributed by atoms with Crippen molar-refractivity contribution in [2.75, 3.05) is 5.32 Å². The van der Waals surface area contributed by atoms with Gasteiger partial charge in [-0.15, -0.1) is 0 Å². The summed E-state index contributed by atoms with van der Waals surface area (Å²) in [6, 6.07) is 21.3. The fraction of sp³-hybridized carbons (Fsp3) is 0.100. The SMILES string of the molecule is Cc1cccc[n+]1CC(=O)Nc1ccccc1Sc1ccc(Cl)cc1. The Labute approximate surface area is 156 Å². The molecule has 2 aromatic carbocycles. The maximum absolute atomic E-state index is 12.4. The van der Waals surface area contributed by atoms with E-state index in [1.54, 1.807) is 11.8 Å². The van der Waals surface area contributed by atoms with Crippen LogP contribution in [0, 0.1) is 6.92 Å². The van der Waals surface area contributed by atoms with Crippen LogP contribution in [0.25, 0.3) is 0 Å². The summed E-state index contributed by atoms with van der Waals surface area (Å²) in [7, 11) is 0. The molecule has 0 aliphatic carbocycles. The molecule has 0 saturated carbocycles. The van der Waals surface area contributed by atoms with Crippen LogP contribution in [-0.2, 0) is 11.3 Å². The molecule has 0 bridgehead atoms. The van der Waals surface area contributed by atoms with Gasteiger partial charge in [0, 0.05) is 33.9 Å². The molecule has 0 aliphatic heterocycles. The lowest BCUT2D eigenvalue weighted by atomic mass is 10.3. The molecule has 0 radical (unpaired) electrons. The summed E-state index contributed by atoms with van der Waals surface area (Å²) in [5.74, 6) is -0.0524. The van der Waals surface area contributed by atoms with Crippen molar-refractivity contribution >= 4 is 35.0 Å². The van der Waals surface area contributed by atoms with E-state index in [1.165, 1.54) is 0 Å². The molecular weight excluding hydrogens is 352 g/mol. The number of hydrogen-bond acceptors (Lipinski definition) is 2. The van der Waals surface area contributed by atoms with Crippen molar-refractivity contribution in [1.82, 2.24) is 0 Å². The molecule has 0 saturated heterocycles. The smallest absolute Gasteiger partial charge is 0.290 e. The molecule has 5 heteroatoms. The van der Waals surface area contributed by atoms with E-state index in [-0.39, 0.29) is 12.5 Å². The zero-order chi connectivity index (χ0) is 17.6. The largest absolute Gasteiger partial charge is 0.320 e. The Bertz CT molecular complexity index is 881. The Balaban J connectivity index is 1.73. The number of amides is 1. The zero-order valence-corrected chi connectivity index (χ0v) is 15.3. The summed E-state index contributed by atoms with van der Waals surface area (Å²) in [4.78, 5) is 14.5. The van der Waals surface area contributed by atoms with Crippen molar-refractivity contribution in [3.63, 3.8) is 0 Å². The number of para-hydroxylation sites is 1. The lowest BCUT2D eigenvalue weighted by molar-refractivity contribution is -0.690. The number of rotatable bonds is 5. The van der Waals surface area contributed by atoms with Crippen LogP contribution in [0.3, 0.4) is 0 Å².